The maximum absolute atomic E-state index is 12.4. The molecule has 2 unspecified atom stereocenters. The summed E-state index contributed by atoms with van der Waals surface area (Å²) in [4.78, 5) is 0. The first kappa shape index (κ1) is 15.4. The van der Waals surface area contributed by atoms with Crippen molar-refractivity contribution in [3.05, 3.63) is 52.4 Å². The lowest BCUT2D eigenvalue weighted by Crippen LogP contribution is -2.26. The van der Waals surface area contributed by atoms with E-state index < -0.39 is 10.8 Å². The van der Waals surface area contributed by atoms with E-state index in [1.54, 1.807) is 11.3 Å². The predicted octanol–water partition coefficient (Wildman–Crippen LogP) is 3.82. The summed E-state index contributed by atoms with van der Waals surface area (Å²) < 4.78 is 13.4. The molecule has 0 bridgehead atoms. The summed E-state index contributed by atoms with van der Waals surface area (Å²) in [6.45, 7) is 7.20. The molecule has 2 aromatic rings. The van der Waals surface area contributed by atoms with Gasteiger partial charge in [-0.1, -0.05) is 31.2 Å². The van der Waals surface area contributed by atoms with Crippen molar-refractivity contribution >= 4 is 22.1 Å². The Kier molecular flexibility index (Phi) is 5.52. The molecule has 0 amide bonds. The molecule has 1 heterocycles. The molecule has 20 heavy (non-hydrogen) atoms. The van der Waals surface area contributed by atoms with Crippen LogP contribution >= 0.6 is 11.3 Å². The number of hydrogen-bond acceptors (Lipinski definition) is 3. The highest BCUT2D eigenvalue weighted by Crippen LogP contribution is 2.22. The minimum atomic E-state index is -0.940. The summed E-state index contributed by atoms with van der Waals surface area (Å²) in [5.41, 5.74) is 3.80. The van der Waals surface area contributed by atoms with E-state index in [2.05, 4.69) is 44.3 Å². The van der Waals surface area contributed by atoms with Gasteiger partial charge in [-0.2, -0.15) is 0 Å². The molecular weight excluding hydrogens is 286 g/mol. The summed E-state index contributed by atoms with van der Waals surface area (Å²) >= 11 is 1.56. The van der Waals surface area contributed by atoms with Crippen LogP contribution in [0.15, 0.2) is 39.9 Å². The van der Waals surface area contributed by atoms with Crippen molar-refractivity contribution in [1.82, 2.24) is 5.32 Å². The molecule has 108 valence electrons. The Morgan fingerprint density at radius 2 is 2.05 bits per heavy atom. The van der Waals surface area contributed by atoms with Crippen molar-refractivity contribution in [2.45, 2.75) is 31.0 Å². The van der Waals surface area contributed by atoms with E-state index in [-0.39, 0.29) is 6.04 Å². The second-order valence-electron chi connectivity index (χ2n) is 4.90. The molecule has 4 heteroatoms. The molecule has 2 nitrogen and oxygen atoms in total. The standard InChI is InChI=1S/C16H21NOS2/c1-4-17-15(11-20(18)16-6-5-9-19-16)14-8-7-12(2)13(3)10-14/h5-10,15,17H,4,11H2,1-3H3. The fourth-order valence-electron chi connectivity index (χ4n) is 2.13. The summed E-state index contributed by atoms with van der Waals surface area (Å²) in [5.74, 6) is 0.622. The van der Waals surface area contributed by atoms with Gasteiger partial charge in [0, 0.05) is 11.8 Å². The molecule has 0 fully saturated rings. The Morgan fingerprint density at radius 1 is 1.25 bits per heavy atom. The van der Waals surface area contributed by atoms with Gasteiger partial charge in [-0.15, -0.1) is 11.3 Å². The van der Waals surface area contributed by atoms with Crippen LogP contribution in [-0.4, -0.2) is 16.5 Å². The Labute approximate surface area is 127 Å². The molecule has 0 saturated heterocycles. The number of hydrogen-bond donors (Lipinski definition) is 1. The predicted molar refractivity (Wildman–Crippen MR) is 87.9 cm³/mol. The molecule has 0 spiro atoms. The highest BCUT2D eigenvalue weighted by atomic mass is 32.2. The van der Waals surface area contributed by atoms with Crippen LogP contribution in [0.4, 0.5) is 0 Å². The zero-order valence-electron chi connectivity index (χ0n) is 12.2. The van der Waals surface area contributed by atoms with E-state index in [4.69, 9.17) is 0 Å². The van der Waals surface area contributed by atoms with Gasteiger partial charge in [-0.25, -0.2) is 0 Å². The van der Waals surface area contributed by atoms with E-state index in [1.807, 2.05) is 17.5 Å². The van der Waals surface area contributed by atoms with E-state index >= 15 is 0 Å². The van der Waals surface area contributed by atoms with Gasteiger partial charge < -0.3 is 5.32 Å². The zero-order valence-corrected chi connectivity index (χ0v) is 13.8. The van der Waals surface area contributed by atoms with Crippen LogP contribution in [0.2, 0.25) is 0 Å². The lowest BCUT2D eigenvalue weighted by atomic mass is 10.0. The number of benzene rings is 1. The van der Waals surface area contributed by atoms with Crippen LogP contribution in [0.5, 0.6) is 0 Å². The number of rotatable bonds is 6. The van der Waals surface area contributed by atoms with Crippen LogP contribution in [-0.2, 0) is 10.8 Å². The lowest BCUT2D eigenvalue weighted by molar-refractivity contribution is 0.594. The third-order valence-corrected chi connectivity index (χ3v) is 6.15. The third-order valence-electron chi connectivity index (χ3n) is 3.42. The molecule has 0 aliphatic heterocycles. The molecule has 2 rings (SSSR count). The fraction of sp³-hybridized carbons (Fsp3) is 0.375. The third kappa shape index (κ3) is 3.78. The highest BCUT2D eigenvalue weighted by Gasteiger charge is 2.16. The normalized spacial score (nSPS) is 14.2. The molecule has 1 N–H and O–H groups in total. The smallest absolute Gasteiger partial charge is 0.0911 e. The molecule has 0 aliphatic carbocycles. The van der Waals surface area contributed by atoms with Gasteiger partial charge in [0.15, 0.2) is 0 Å². The summed E-state index contributed by atoms with van der Waals surface area (Å²) in [7, 11) is -0.940. The van der Waals surface area contributed by atoms with Crippen LogP contribution < -0.4 is 5.32 Å². The Bertz CT molecular complexity index is 578. The molecule has 2 atom stereocenters. The van der Waals surface area contributed by atoms with Gasteiger partial charge in [-0.3, -0.25) is 4.21 Å². The van der Waals surface area contributed by atoms with Crippen molar-refractivity contribution in [3.63, 3.8) is 0 Å². The first-order valence-corrected chi connectivity index (χ1v) is 9.04. The molecule has 1 aromatic carbocycles. The Balaban J connectivity index is 2.18. The van der Waals surface area contributed by atoms with Crippen molar-refractivity contribution < 1.29 is 4.21 Å². The maximum Gasteiger partial charge on any atom is 0.0911 e. The van der Waals surface area contributed by atoms with Gasteiger partial charge in [0.05, 0.1) is 15.0 Å². The average molecular weight is 307 g/mol. The van der Waals surface area contributed by atoms with Crippen molar-refractivity contribution in [1.29, 1.82) is 0 Å². The monoisotopic (exact) mass is 307 g/mol. The van der Waals surface area contributed by atoms with Crippen LogP contribution in [0.3, 0.4) is 0 Å². The van der Waals surface area contributed by atoms with Gasteiger partial charge in [-0.05, 0) is 48.5 Å². The van der Waals surface area contributed by atoms with Crippen LogP contribution in [0.25, 0.3) is 0 Å². The second kappa shape index (κ2) is 7.16. The summed E-state index contributed by atoms with van der Waals surface area (Å²) in [6, 6.07) is 10.5. The van der Waals surface area contributed by atoms with Gasteiger partial charge >= 0.3 is 0 Å². The quantitative estimate of drug-likeness (QED) is 0.879. The minimum absolute atomic E-state index is 0.141. The van der Waals surface area contributed by atoms with E-state index in [1.165, 1.54) is 16.7 Å². The van der Waals surface area contributed by atoms with Crippen LogP contribution in [0, 0.1) is 13.8 Å². The number of thiophene rings is 1. The van der Waals surface area contributed by atoms with Gasteiger partial charge in [0.2, 0.25) is 0 Å². The Hall–Kier alpha value is -0.970. The summed E-state index contributed by atoms with van der Waals surface area (Å²) in [5, 5.41) is 5.43. The molecular formula is C16H21NOS2. The van der Waals surface area contributed by atoms with Gasteiger partial charge in [0.25, 0.3) is 0 Å². The first-order chi connectivity index (χ1) is 9.61. The van der Waals surface area contributed by atoms with E-state index in [9.17, 15) is 4.21 Å². The number of aryl methyl sites for hydroxylation is 2. The van der Waals surface area contributed by atoms with Crippen molar-refractivity contribution in [2.24, 2.45) is 0 Å². The zero-order chi connectivity index (χ0) is 14.5. The average Bonchev–Trinajstić information content (AvgIpc) is 2.95. The first-order valence-electron chi connectivity index (χ1n) is 6.84. The maximum atomic E-state index is 12.4. The highest BCUT2D eigenvalue weighted by molar-refractivity contribution is 7.87. The molecule has 0 saturated carbocycles. The largest absolute Gasteiger partial charge is 0.309 e. The molecule has 1 aromatic heterocycles. The van der Waals surface area contributed by atoms with Crippen LogP contribution in [0.1, 0.15) is 29.7 Å². The van der Waals surface area contributed by atoms with Crippen molar-refractivity contribution in [3.8, 4) is 0 Å². The van der Waals surface area contributed by atoms with Crippen molar-refractivity contribution in [2.75, 3.05) is 12.3 Å². The molecule has 0 radical (unpaired) electrons. The topological polar surface area (TPSA) is 29.1 Å². The lowest BCUT2D eigenvalue weighted by Gasteiger charge is -2.18. The SMILES string of the molecule is CCNC(CS(=O)c1cccs1)c1ccc(C)c(C)c1. The molecule has 0 aliphatic rings. The fourth-order valence-corrected chi connectivity index (χ4v) is 4.38. The minimum Gasteiger partial charge on any atom is -0.309 e. The number of nitrogens with one attached hydrogen (secondary N) is 1. The van der Waals surface area contributed by atoms with E-state index in [0.717, 1.165) is 10.8 Å². The summed E-state index contributed by atoms with van der Waals surface area (Å²) in [6.07, 6.45) is 0. The Morgan fingerprint density at radius 3 is 2.65 bits per heavy atom. The van der Waals surface area contributed by atoms with Gasteiger partial charge in [0.1, 0.15) is 0 Å². The second-order valence-corrected chi connectivity index (χ2v) is 7.57. The van der Waals surface area contributed by atoms with E-state index in [0.29, 0.717) is 5.75 Å².